The summed E-state index contributed by atoms with van der Waals surface area (Å²) in [5.41, 5.74) is 0.575. The first-order valence-electron chi connectivity index (χ1n) is 3.90. The monoisotopic (exact) mass is 353 g/mol. The number of hydrogen-bond acceptors (Lipinski definition) is 1. The number of alkyl halides is 1. The minimum atomic E-state index is -0.503. The summed E-state index contributed by atoms with van der Waals surface area (Å²) < 4.78 is -0.503. The molecule has 1 rings (SSSR count). The van der Waals surface area contributed by atoms with E-state index in [-0.39, 0.29) is 5.91 Å². The summed E-state index contributed by atoms with van der Waals surface area (Å²) in [7, 11) is 0. The number of benzene rings is 1. The summed E-state index contributed by atoms with van der Waals surface area (Å²) in [6.07, 6.45) is 5.12. The van der Waals surface area contributed by atoms with Gasteiger partial charge in [-0.25, -0.2) is 0 Å². The zero-order valence-electron chi connectivity index (χ0n) is 7.43. The molecule has 0 aliphatic carbocycles. The molecule has 1 aromatic carbocycles. The summed E-state index contributed by atoms with van der Waals surface area (Å²) in [5.74, 6) is 2.07. The van der Waals surface area contributed by atoms with E-state index in [1.807, 2.05) is 22.6 Å². The van der Waals surface area contributed by atoms with Crippen molar-refractivity contribution in [3.05, 3.63) is 28.2 Å². The lowest BCUT2D eigenvalue weighted by Gasteiger charge is -2.06. The molecule has 0 aliphatic heterocycles. The molecule has 0 spiro atoms. The van der Waals surface area contributed by atoms with Crippen molar-refractivity contribution in [2.24, 2.45) is 0 Å². The van der Waals surface area contributed by atoms with Crippen LogP contribution in [0.5, 0.6) is 0 Å². The molecule has 0 aliphatic rings. The van der Waals surface area contributed by atoms with Crippen molar-refractivity contribution in [2.75, 3.05) is 5.32 Å². The summed E-state index contributed by atoms with van der Waals surface area (Å²) >= 11 is 13.4. The van der Waals surface area contributed by atoms with Crippen molar-refractivity contribution >= 4 is 57.4 Å². The van der Waals surface area contributed by atoms with Gasteiger partial charge in [0, 0.05) is 5.69 Å². The molecule has 1 atom stereocenters. The average Bonchev–Trinajstić information content (AvgIpc) is 2.22. The number of terminal acetylenes is 1. The molecule has 1 unspecified atom stereocenters. The van der Waals surface area contributed by atoms with Crippen LogP contribution >= 0.6 is 45.8 Å². The fourth-order valence-corrected chi connectivity index (χ4v) is 1.31. The molecule has 15 heavy (non-hydrogen) atoms. The topological polar surface area (TPSA) is 29.1 Å². The van der Waals surface area contributed by atoms with E-state index in [2.05, 4.69) is 11.2 Å². The van der Waals surface area contributed by atoms with Crippen LogP contribution in [0.15, 0.2) is 18.2 Å². The molecule has 0 bridgehead atoms. The maximum atomic E-state index is 11.4. The number of hydrogen-bond donors (Lipinski definition) is 1. The van der Waals surface area contributed by atoms with E-state index in [1.165, 1.54) is 0 Å². The number of carbonyl (C=O) groups excluding carboxylic acids is 1. The smallest absolute Gasteiger partial charge is 0.249 e. The molecule has 1 aromatic rings. The Morgan fingerprint density at radius 2 is 2.13 bits per heavy atom. The molecule has 0 fully saturated rings. The van der Waals surface area contributed by atoms with E-state index < -0.39 is 3.92 Å². The van der Waals surface area contributed by atoms with Gasteiger partial charge in [-0.15, -0.1) is 6.42 Å². The molecule has 0 heterocycles. The van der Waals surface area contributed by atoms with Gasteiger partial charge in [-0.3, -0.25) is 4.79 Å². The van der Waals surface area contributed by atoms with Crippen LogP contribution < -0.4 is 5.32 Å². The first-order chi connectivity index (χ1) is 7.04. The van der Waals surface area contributed by atoms with Crippen molar-refractivity contribution in [1.82, 2.24) is 0 Å². The van der Waals surface area contributed by atoms with Gasteiger partial charge in [0.15, 0.2) is 3.92 Å². The van der Waals surface area contributed by atoms with Crippen molar-refractivity contribution in [2.45, 2.75) is 3.92 Å². The highest BCUT2D eigenvalue weighted by molar-refractivity contribution is 14.1. The Morgan fingerprint density at radius 3 is 2.67 bits per heavy atom. The summed E-state index contributed by atoms with van der Waals surface area (Å²) in [5, 5.41) is 3.46. The minimum Gasteiger partial charge on any atom is -0.324 e. The van der Waals surface area contributed by atoms with Crippen LogP contribution in [0.25, 0.3) is 0 Å². The van der Waals surface area contributed by atoms with Crippen LogP contribution in [-0.4, -0.2) is 9.83 Å². The lowest BCUT2D eigenvalue weighted by molar-refractivity contribution is -0.114. The molecule has 0 radical (unpaired) electrons. The third-order valence-corrected chi connectivity index (χ3v) is 3.23. The number of rotatable bonds is 2. The maximum Gasteiger partial charge on any atom is 0.249 e. The quantitative estimate of drug-likeness (QED) is 0.493. The van der Waals surface area contributed by atoms with Gasteiger partial charge < -0.3 is 5.32 Å². The van der Waals surface area contributed by atoms with E-state index in [0.717, 1.165) is 0 Å². The van der Waals surface area contributed by atoms with Crippen LogP contribution in [0.2, 0.25) is 10.0 Å². The Hall–Kier alpha value is -0.440. The van der Waals surface area contributed by atoms with Gasteiger partial charge in [-0.2, -0.15) is 0 Å². The summed E-state index contributed by atoms with van der Waals surface area (Å²) in [4.78, 5) is 11.4. The first kappa shape index (κ1) is 12.6. The Bertz CT molecular complexity index is 428. The zero-order chi connectivity index (χ0) is 11.4. The van der Waals surface area contributed by atoms with Gasteiger partial charge >= 0.3 is 0 Å². The molecule has 1 amide bonds. The fourth-order valence-electron chi connectivity index (χ4n) is 0.855. The third-order valence-electron chi connectivity index (χ3n) is 1.56. The molecule has 1 N–H and O–H groups in total. The normalized spacial score (nSPS) is 11.6. The number of carbonyl (C=O) groups is 1. The minimum absolute atomic E-state index is 0.253. The van der Waals surface area contributed by atoms with Crippen LogP contribution in [0.1, 0.15) is 0 Å². The maximum absolute atomic E-state index is 11.4. The molecular weight excluding hydrogens is 348 g/mol. The second kappa shape index (κ2) is 5.59. The van der Waals surface area contributed by atoms with E-state index >= 15 is 0 Å². The first-order valence-corrected chi connectivity index (χ1v) is 5.91. The molecule has 5 heteroatoms. The van der Waals surface area contributed by atoms with Crippen LogP contribution in [-0.2, 0) is 4.79 Å². The predicted molar refractivity (Wildman–Crippen MR) is 71.7 cm³/mol. The summed E-state index contributed by atoms with van der Waals surface area (Å²) in [6.45, 7) is 0. The highest BCUT2D eigenvalue weighted by Crippen LogP contribution is 2.25. The van der Waals surface area contributed by atoms with Crippen LogP contribution in [0.3, 0.4) is 0 Å². The van der Waals surface area contributed by atoms with Crippen molar-refractivity contribution < 1.29 is 4.79 Å². The number of nitrogens with one attached hydrogen (secondary N) is 1. The van der Waals surface area contributed by atoms with E-state index in [0.29, 0.717) is 15.7 Å². The average molecular weight is 354 g/mol. The fraction of sp³-hybridized carbons (Fsp3) is 0.100. The van der Waals surface area contributed by atoms with Gasteiger partial charge in [0.05, 0.1) is 10.0 Å². The van der Waals surface area contributed by atoms with Gasteiger partial charge in [-0.05, 0) is 18.2 Å². The van der Waals surface area contributed by atoms with Crippen molar-refractivity contribution in [3.8, 4) is 12.3 Å². The Morgan fingerprint density at radius 1 is 1.47 bits per heavy atom. The second-order valence-electron chi connectivity index (χ2n) is 2.65. The van der Waals surface area contributed by atoms with Gasteiger partial charge in [-0.1, -0.05) is 51.7 Å². The summed E-state index contributed by atoms with van der Waals surface area (Å²) in [6, 6.07) is 4.84. The van der Waals surface area contributed by atoms with Crippen LogP contribution in [0.4, 0.5) is 5.69 Å². The number of amides is 1. The zero-order valence-corrected chi connectivity index (χ0v) is 11.1. The van der Waals surface area contributed by atoms with Crippen molar-refractivity contribution in [1.29, 1.82) is 0 Å². The highest BCUT2D eigenvalue weighted by Gasteiger charge is 2.11. The molecule has 2 nitrogen and oxygen atoms in total. The van der Waals surface area contributed by atoms with Gasteiger partial charge in [0.1, 0.15) is 0 Å². The SMILES string of the molecule is C#CC(I)C(=O)Nc1ccc(Cl)c(Cl)c1. The molecule has 0 saturated carbocycles. The Labute approximate surface area is 111 Å². The number of halogens is 3. The molecule has 78 valence electrons. The second-order valence-corrected chi connectivity index (χ2v) is 4.71. The largest absolute Gasteiger partial charge is 0.324 e. The lowest BCUT2D eigenvalue weighted by Crippen LogP contribution is -2.21. The third kappa shape index (κ3) is 3.56. The van der Waals surface area contributed by atoms with Gasteiger partial charge in [0.2, 0.25) is 5.91 Å². The molecular formula is C10H6Cl2INO. The van der Waals surface area contributed by atoms with Gasteiger partial charge in [0.25, 0.3) is 0 Å². The highest BCUT2D eigenvalue weighted by atomic mass is 127. The lowest BCUT2D eigenvalue weighted by atomic mass is 10.3. The van der Waals surface area contributed by atoms with Crippen molar-refractivity contribution in [3.63, 3.8) is 0 Å². The Kier molecular flexibility index (Phi) is 4.71. The predicted octanol–water partition coefficient (Wildman–Crippen LogP) is 3.37. The van der Waals surface area contributed by atoms with E-state index in [9.17, 15) is 4.79 Å². The Balaban J connectivity index is 2.78. The molecule has 0 saturated heterocycles. The molecule has 0 aromatic heterocycles. The van der Waals surface area contributed by atoms with E-state index in [1.54, 1.807) is 18.2 Å². The van der Waals surface area contributed by atoms with E-state index in [4.69, 9.17) is 29.6 Å². The standard InChI is InChI=1S/C10H6Cl2INO/c1-2-9(13)10(15)14-6-3-4-7(11)8(12)5-6/h1,3-5,9H,(H,14,15). The van der Waals surface area contributed by atoms with Crippen LogP contribution in [0, 0.1) is 12.3 Å². The number of anilines is 1.